The van der Waals surface area contributed by atoms with Crippen LogP contribution in [0.1, 0.15) is 12.8 Å². The number of fused-ring (bicyclic) bond motifs is 4. The van der Waals surface area contributed by atoms with Gasteiger partial charge in [0.1, 0.15) is 37.7 Å². The highest BCUT2D eigenvalue weighted by Gasteiger charge is 2.47. The molecule has 7 rings (SSSR count). The van der Waals surface area contributed by atoms with Crippen LogP contribution in [-0.4, -0.2) is 76.5 Å². The average molecular weight is 686 g/mol. The SMILES string of the molecule is COc1ccc2nc3cc(Cl)ccc3c([N+]3(CCCN)CC[N+](CCCN)(c4c5ccc(Cl)cc5nc5ccc(OC)cc45)CC3)c2c1. The minimum absolute atomic E-state index is 0.615. The number of hydrogen-bond acceptors (Lipinski definition) is 6. The van der Waals surface area contributed by atoms with E-state index in [0.717, 1.165) is 116 Å². The normalized spacial score (nSPS) is 19.8. The fourth-order valence-electron chi connectivity index (χ4n) is 7.92. The molecule has 0 radical (unpaired) electrons. The van der Waals surface area contributed by atoms with Crippen molar-refractivity contribution >= 4 is 78.2 Å². The summed E-state index contributed by atoms with van der Waals surface area (Å²) in [5.41, 5.74) is 18.6. The van der Waals surface area contributed by atoms with Gasteiger partial charge in [0.25, 0.3) is 0 Å². The Kier molecular flexibility index (Phi) is 9.06. The van der Waals surface area contributed by atoms with E-state index in [4.69, 9.17) is 54.1 Å². The highest BCUT2D eigenvalue weighted by molar-refractivity contribution is 6.32. The molecule has 2 aromatic heterocycles. The molecule has 0 atom stereocenters. The summed E-state index contributed by atoms with van der Waals surface area (Å²) < 4.78 is 13.0. The summed E-state index contributed by atoms with van der Waals surface area (Å²) in [7, 11) is 3.42. The first-order valence-electron chi connectivity index (χ1n) is 16.6. The van der Waals surface area contributed by atoms with Gasteiger partial charge in [-0.05, 0) is 85.9 Å². The van der Waals surface area contributed by atoms with E-state index < -0.39 is 0 Å². The lowest BCUT2D eigenvalue weighted by Crippen LogP contribution is -2.69. The average Bonchev–Trinajstić information content (AvgIpc) is 3.11. The van der Waals surface area contributed by atoms with E-state index in [9.17, 15) is 0 Å². The summed E-state index contributed by atoms with van der Waals surface area (Å²) in [6.07, 6.45) is 1.78. The van der Waals surface area contributed by atoms with Crippen molar-refractivity contribution < 1.29 is 9.47 Å². The number of rotatable bonds is 10. The van der Waals surface area contributed by atoms with Crippen LogP contribution in [0.25, 0.3) is 43.6 Å². The van der Waals surface area contributed by atoms with Gasteiger partial charge in [-0.25, -0.2) is 9.97 Å². The van der Waals surface area contributed by atoms with Gasteiger partial charge < -0.3 is 20.9 Å². The second kappa shape index (κ2) is 13.3. The van der Waals surface area contributed by atoms with Crippen LogP contribution in [0, 0.1) is 0 Å². The third-order valence-electron chi connectivity index (χ3n) is 10.3. The zero-order valence-corrected chi connectivity index (χ0v) is 29.0. The van der Waals surface area contributed by atoms with Crippen LogP contribution in [0.3, 0.4) is 0 Å². The van der Waals surface area contributed by atoms with Crippen molar-refractivity contribution in [2.24, 2.45) is 11.5 Å². The summed E-state index contributed by atoms with van der Waals surface area (Å²) in [6.45, 7) is 6.60. The van der Waals surface area contributed by atoms with Crippen LogP contribution < -0.4 is 29.9 Å². The monoisotopic (exact) mass is 684 g/mol. The molecule has 1 fully saturated rings. The lowest BCUT2D eigenvalue weighted by atomic mass is 9.98. The van der Waals surface area contributed by atoms with E-state index >= 15 is 0 Å². The van der Waals surface area contributed by atoms with Crippen molar-refractivity contribution in [3.8, 4) is 11.5 Å². The molecular weight excluding hydrogens is 643 g/mol. The molecule has 8 nitrogen and oxygen atoms in total. The Morgan fingerprint density at radius 1 is 0.562 bits per heavy atom. The predicted octanol–water partition coefficient (Wildman–Crippen LogP) is 7.44. The Bertz CT molecular complexity index is 2000. The summed E-state index contributed by atoms with van der Waals surface area (Å²) in [5, 5.41) is 5.76. The zero-order chi connectivity index (χ0) is 33.5. The number of halogens is 2. The molecule has 1 aliphatic rings. The van der Waals surface area contributed by atoms with Crippen molar-refractivity contribution in [2.45, 2.75) is 12.8 Å². The molecular formula is C38H42Cl2N6O2+2. The highest BCUT2D eigenvalue weighted by Crippen LogP contribution is 2.46. The van der Waals surface area contributed by atoms with Crippen LogP contribution in [0.2, 0.25) is 10.0 Å². The number of piperazine rings is 1. The van der Waals surface area contributed by atoms with Crippen molar-refractivity contribution in [2.75, 3.05) is 66.6 Å². The third-order valence-corrected chi connectivity index (χ3v) is 10.7. The Labute approximate surface area is 290 Å². The number of quaternary nitrogens is 2. The van der Waals surface area contributed by atoms with E-state index in [1.165, 1.54) is 11.4 Å². The smallest absolute Gasteiger partial charge is 0.152 e. The minimum Gasteiger partial charge on any atom is -0.497 e. The number of hydrogen-bond donors (Lipinski definition) is 2. The number of methoxy groups -OCH3 is 2. The molecule has 10 heteroatoms. The van der Waals surface area contributed by atoms with Gasteiger partial charge in [0, 0.05) is 22.9 Å². The highest BCUT2D eigenvalue weighted by atomic mass is 35.5. The van der Waals surface area contributed by atoms with Gasteiger partial charge in [-0.2, -0.15) is 0 Å². The van der Waals surface area contributed by atoms with E-state index in [2.05, 4.69) is 36.4 Å². The molecule has 248 valence electrons. The zero-order valence-electron chi connectivity index (χ0n) is 27.5. The largest absolute Gasteiger partial charge is 0.497 e. The first-order valence-corrected chi connectivity index (χ1v) is 17.4. The molecule has 4 N–H and O–H groups in total. The van der Waals surface area contributed by atoms with Gasteiger partial charge in [-0.3, -0.25) is 8.97 Å². The summed E-state index contributed by atoms with van der Waals surface area (Å²) in [4.78, 5) is 10.1. The number of nitrogens with zero attached hydrogens (tertiary/aromatic N) is 4. The molecule has 6 aromatic rings. The predicted molar refractivity (Wildman–Crippen MR) is 202 cm³/mol. The maximum absolute atomic E-state index is 6.54. The fraction of sp³-hybridized carbons (Fsp3) is 0.316. The molecule has 0 spiro atoms. The Morgan fingerprint density at radius 3 is 1.35 bits per heavy atom. The number of ether oxygens (including phenoxy) is 2. The van der Waals surface area contributed by atoms with Gasteiger partial charge in [0.15, 0.2) is 11.4 Å². The third kappa shape index (κ3) is 5.70. The Morgan fingerprint density at radius 2 is 0.979 bits per heavy atom. The first-order chi connectivity index (χ1) is 23.3. The van der Waals surface area contributed by atoms with E-state index in [-0.39, 0.29) is 0 Å². The number of aromatic nitrogens is 2. The van der Waals surface area contributed by atoms with E-state index in [1.54, 1.807) is 14.2 Å². The van der Waals surface area contributed by atoms with E-state index in [0.29, 0.717) is 23.1 Å². The van der Waals surface area contributed by atoms with Crippen LogP contribution in [-0.2, 0) is 0 Å². The second-order valence-electron chi connectivity index (χ2n) is 12.9. The van der Waals surface area contributed by atoms with Crippen LogP contribution in [0.5, 0.6) is 11.5 Å². The molecule has 0 saturated carbocycles. The topological polar surface area (TPSA) is 96.3 Å². The van der Waals surface area contributed by atoms with Crippen molar-refractivity contribution in [3.05, 3.63) is 82.8 Å². The lowest BCUT2D eigenvalue weighted by molar-refractivity contribution is 0.139. The molecule has 0 bridgehead atoms. The molecule has 3 heterocycles. The molecule has 4 aromatic carbocycles. The number of benzene rings is 4. The fourth-order valence-corrected chi connectivity index (χ4v) is 8.25. The quantitative estimate of drug-likeness (QED) is 0.115. The van der Waals surface area contributed by atoms with Crippen LogP contribution in [0.4, 0.5) is 11.4 Å². The van der Waals surface area contributed by atoms with Crippen LogP contribution in [0.15, 0.2) is 72.8 Å². The van der Waals surface area contributed by atoms with Gasteiger partial charge in [0.2, 0.25) is 0 Å². The summed E-state index contributed by atoms with van der Waals surface area (Å²) >= 11 is 13.1. The van der Waals surface area contributed by atoms with Crippen LogP contribution >= 0.6 is 23.2 Å². The van der Waals surface area contributed by atoms with Gasteiger partial charge in [0.05, 0.1) is 70.9 Å². The maximum atomic E-state index is 6.54. The maximum Gasteiger partial charge on any atom is 0.152 e. The van der Waals surface area contributed by atoms with Gasteiger partial charge in [-0.1, -0.05) is 23.2 Å². The van der Waals surface area contributed by atoms with Gasteiger partial charge in [-0.15, -0.1) is 0 Å². The summed E-state index contributed by atoms with van der Waals surface area (Å²) in [6, 6.07) is 24.5. The Hall–Kier alpha value is -3.76. The van der Waals surface area contributed by atoms with E-state index in [1.807, 2.05) is 36.4 Å². The van der Waals surface area contributed by atoms with Crippen molar-refractivity contribution in [1.82, 2.24) is 18.9 Å². The molecule has 0 aliphatic carbocycles. The lowest BCUT2D eigenvalue weighted by Gasteiger charge is -2.50. The second-order valence-corrected chi connectivity index (χ2v) is 13.8. The van der Waals surface area contributed by atoms with Crippen molar-refractivity contribution in [1.29, 1.82) is 0 Å². The molecule has 48 heavy (non-hydrogen) atoms. The molecule has 1 saturated heterocycles. The van der Waals surface area contributed by atoms with Gasteiger partial charge >= 0.3 is 0 Å². The molecule has 0 unspecified atom stereocenters. The Balaban J connectivity index is 1.46. The van der Waals surface area contributed by atoms with Crippen molar-refractivity contribution in [3.63, 3.8) is 0 Å². The standard InChI is InChI=1S/C38H42Cl2N6O2/c1-47-27-7-11-33-31(23-27)37(29-9-5-25(39)21-35(29)43-33)45(15-3-13-41)17-19-46(20-18-45,16-4-14-42)38-30-10-6-26(40)22-36(30)44-34-12-8-28(48-2)24-32(34)38/h5-12,21-24H,3-4,13-20,41-42H2,1-2H3/q+2. The molecule has 1 aliphatic heterocycles. The molecule has 0 amide bonds. The minimum atomic E-state index is 0.615. The number of nitrogens with two attached hydrogens (primary N) is 2. The summed E-state index contributed by atoms with van der Waals surface area (Å²) in [5.74, 6) is 1.62. The first kappa shape index (κ1) is 32.8. The number of pyridine rings is 2.